The number of anilines is 1. The van der Waals surface area contributed by atoms with Gasteiger partial charge >= 0.3 is 12.2 Å². The van der Waals surface area contributed by atoms with E-state index in [1.165, 1.54) is 6.07 Å². The predicted octanol–water partition coefficient (Wildman–Crippen LogP) is 4.84. The number of carbonyl (C=O) groups is 2. The molecule has 5 heterocycles. The van der Waals surface area contributed by atoms with E-state index in [0.29, 0.717) is 25.8 Å². The van der Waals surface area contributed by atoms with Crippen molar-refractivity contribution in [2.24, 2.45) is 0 Å². The Balaban J connectivity index is 0.00000277. The third kappa shape index (κ3) is 4.26. The summed E-state index contributed by atoms with van der Waals surface area (Å²) in [5.74, 6) is -0.250. The average Bonchev–Trinajstić information content (AvgIpc) is 3.58. The molecule has 6 aliphatic rings. The molecule has 1 spiro atoms. The molecule has 5 aliphatic heterocycles. The lowest BCUT2D eigenvalue weighted by atomic mass is 9.73. The predicted molar refractivity (Wildman–Crippen MR) is 140 cm³/mol. The normalized spacial score (nSPS) is 32.3. The van der Waals surface area contributed by atoms with Gasteiger partial charge in [0.05, 0.1) is 18.9 Å². The number of amides is 2. The molecule has 2 amide bonds. The van der Waals surface area contributed by atoms with Crippen LogP contribution < -0.4 is 4.90 Å². The fraction of sp³-hybridized carbons (Fsp3) is 0.724. The van der Waals surface area contributed by atoms with Crippen LogP contribution in [0.5, 0.6) is 0 Å². The van der Waals surface area contributed by atoms with E-state index in [9.17, 15) is 14.0 Å². The van der Waals surface area contributed by atoms with E-state index in [1.807, 2.05) is 4.90 Å². The third-order valence-corrected chi connectivity index (χ3v) is 10.2. The molecule has 8 nitrogen and oxygen atoms in total. The number of piperidine rings is 2. The lowest BCUT2D eigenvalue weighted by Gasteiger charge is -2.47. The number of fused-ring (bicyclic) bond motifs is 4. The number of carbonyl (C=O) groups excluding carboxylic acids is 2. The van der Waals surface area contributed by atoms with Gasteiger partial charge in [-0.25, -0.2) is 14.0 Å². The second-order valence-electron chi connectivity index (χ2n) is 12.3. The van der Waals surface area contributed by atoms with E-state index < -0.39 is 0 Å². The van der Waals surface area contributed by atoms with Crippen LogP contribution in [0.1, 0.15) is 71.2 Å². The Morgan fingerprint density at radius 3 is 2.34 bits per heavy atom. The zero-order chi connectivity index (χ0) is 25.9. The van der Waals surface area contributed by atoms with Crippen molar-refractivity contribution in [1.82, 2.24) is 9.80 Å². The number of hydrogen-bond acceptors (Lipinski definition) is 6. The number of nitrogens with zero attached hydrogens (tertiary/aromatic N) is 3. The maximum atomic E-state index is 14.4. The van der Waals surface area contributed by atoms with E-state index in [4.69, 9.17) is 14.2 Å². The van der Waals surface area contributed by atoms with Crippen molar-refractivity contribution in [1.29, 1.82) is 0 Å². The summed E-state index contributed by atoms with van der Waals surface area (Å²) < 4.78 is 31.3. The van der Waals surface area contributed by atoms with Crippen molar-refractivity contribution in [2.75, 3.05) is 37.7 Å². The highest BCUT2D eigenvalue weighted by Crippen LogP contribution is 2.49. The van der Waals surface area contributed by atoms with Crippen LogP contribution >= 0.6 is 0 Å². The first-order chi connectivity index (χ1) is 18.5. The maximum Gasteiger partial charge on any atom is 0.414 e. The molecule has 0 N–H and O–H groups in total. The summed E-state index contributed by atoms with van der Waals surface area (Å²) in [6.45, 7) is 3.56. The molecule has 1 aliphatic carbocycles. The van der Waals surface area contributed by atoms with Crippen LogP contribution in [0.15, 0.2) is 18.2 Å². The lowest BCUT2D eigenvalue weighted by Crippen LogP contribution is -2.56. The maximum absolute atomic E-state index is 14.4. The summed E-state index contributed by atoms with van der Waals surface area (Å²) in [5, 5.41) is 0. The molecular formula is C29H40FN3O5. The zero-order valence-corrected chi connectivity index (χ0v) is 22.0. The molecule has 1 saturated carbocycles. The first-order valence-electron chi connectivity index (χ1n) is 14.6. The van der Waals surface area contributed by atoms with Crippen LogP contribution in [-0.2, 0) is 19.6 Å². The fourth-order valence-corrected chi connectivity index (χ4v) is 7.80. The van der Waals surface area contributed by atoms with Crippen molar-refractivity contribution in [3.8, 4) is 0 Å². The third-order valence-electron chi connectivity index (χ3n) is 10.2. The minimum atomic E-state index is -0.290. The highest BCUT2D eigenvalue weighted by molar-refractivity contribution is 5.91. The number of benzene rings is 1. The van der Waals surface area contributed by atoms with Crippen LogP contribution in [0.3, 0.4) is 0 Å². The Bertz CT molecular complexity index is 1070. The Kier molecular flexibility index (Phi) is 6.26. The number of hydrogen-bond donors (Lipinski definition) is 0. The van der Waals surface area contributed by atoms with Gasteiger partial charge in [-0.2, -0.15) is 0 Å². The van der Waals surface area contributed by atoms with Crippen LogP contribution in [0, 0.1) is 5.82 Å². The molecule has 5 fully saturated rings. The molecule has 38 heavy (non-hydrogen) atoms. The molecule has 1 aromatic rings. The molecular weight excluding hydrogens is 489 g/mol. The number of rotatable bonds is 3. The van der Waals surface area contributed by atoms with Crippen molar-refractivity contribution in [3.63, 3.8) is 0 Å². The van der Waals surface area contributed by atoms with Crippen molar-refractivity contribution < 1.29 is 29.6 Å². The van der Waals surface area contributed by atoms with Crippen LogP contribution in [-0.4, -0.2) is 85.2 Å². The van der Waals surface area contributed by atoms with E-state index in [-0.39, 0.29) is 49.1 Å². The van der Waals surface area contributed by atoms with Gasteiger partial charge in [-0.3, -0.25) is 4.90 Å². The fourth-order valence-electron chi connectivity index (χ4n) is 7.80. The highest BCUT2D eigenvalue weighted by atomic mass is 19.1. The molecule has 3 atom stereocenters. The summed E-state index contributed by atoms with van der Waals surface area (Å²) >= 11 is 0. The SMILES string of the molecule is O=C(OC1CCC1)N1CC2(CCN(C3CC4CCC(C3)N4C(=O)O[C@@H]3CCOC3)CC2)c2cc(F)ccc21.[HH]. The van der Waals surface area contributed by atoms with Gasteiger partial charge in [0.15, 0.2) is 0 Å². The monoisotopic (exact) mass is 529 g/mol. The largest absolute Gasteiger partial charge is 0.446 e. The van der Waals surface area contributed by atoms with Gasteiger partial charge in [0.25, 0.3) is 0 Å². The van der Waals surface area contributed by atoms with Crippen LogP contribution in [0.2, 0.25) is 0 Å². The molecule has 2 bridgehead atoms. The standard InChI is InChI=1S/C29H38FN3O5.H2/c30-19-4-7-26-25(14-19)29(18-32(26)27(34)37-23-2-1-3-23)9-11-31(12-10-29)22-15-20-5-6-21(16-22)33(20)28(35)38-24-8-13-36-17-24;/h4,7,14,20-24H,1-3,5-6,8-13,15-18H2;1H/t20?,21?,22?,24-;/m1./s1. The average molecular weight is 530 g/mol. The van der Waals surface area contributed by atoms with Gasteiger partial charge in [-0.15, -0.1) is 0 Å². The van der Waals surface area contributed by atoms with Crippen molar-refractivity contribution in [3.05, 3.63) is 29.6 Å². The number of ether oxygens (including phenoxy) is 3. The smallest absolute Gasteiger partial charge is 0.414 e. The minimum absolute atomic E-state index is 0. The van der Waals surface area contributed by atoms with E-state index in [2.05, 4.69) is 4.90 Å². The molecule has 1 aromatic carbocycles. The number of likely N-dealkylation sites (tertiary alicyclic amines) is 1. The Morgan fingerprint density at radius 2 is 1.68 bits per heavy atom. The second-order valence-corrected chi connectivity index (χ2v) is 12.3. The van der Waals surface area contributed by atoms with Gasteiger partial charge in [-0.05, 0) is 94.6 Å². The van der Waals surface area contributed by atoms with E-state index in [1.54, 1.807) is 17.0 Å². The summed E-state index contributed by atoms with van der Waals surface area (Å²) in [7, 11) is 0. The first-order valence-corrected chi connectivity index (χ1v) is 14.6. The zero-order valence-electron chi connectivity index (χ0n) is 22.0. The van der Waals surface area contributed by atoms with Gasteiger partial charge in [0.1, 0.15) is 18.0 Å². The van der Waals surface area contributed by atoms with Crippen molar-refractivity contribution >= 4 is 17.9 Å². The molecule has 9 heteroatoms. The van der Waals surface area contributed by atoms with Gasteiger partial charge in [0.2, 0.25) is 0 Å². The highest BCUT2D eigenvalue weighted by Gasteiger charge is 2.50. The van der Waals surface area contributed by atoms with E-state index >= 15 is 0 Å². The summed E-state index contributed by atoms with van der Waals surface area (Å²) in [6.07, 6.45) is 9.03. The molecule has 4 saturated heterocycles. The van der Waals surface area contributed by atoms with Gasteiger partial charge in [0, 0.05) is 37.9 Å². The van der Waals surface area contributed by atoms with Crippen LogP contribution in [0.25, 0.3) is 0 Å². The first kappa shape index (κ1) is 24.6. The van der Waals surface area contributed by atoms with Gasteiger partial charge < -0.3 is 24.0 Å². The molecule has 7 rings (SSSR count). The molecule has 0 radical (unpaired) electrons. The minimum Gasteiger partial charge on any atom is -0.446 e. The summed E-state index contributed by atoms with van der Waals surface area (Å²) in [6, 6.07) is 5.76. The van der Waals surface area contributed by atoms with Crippen molar-refractivity contribution in [2.45, 2.75) is 100.0 Å². The van der Waals surface area contributed by atoms with E-state index in [0.717, 1.165) is 88.5 Å². The molecule has 2 unspecified atom stereocenters. The summed E-state index contributed by atoms with van der Waals surface area (Å²) in [5.41, 5.74) is 1.53. The molecule has 208 valence electrons. The quantitative estimate of drug-likeness (QED) is 0.558. The lowest BCUT2D eigenvalue weighted by molar-refractivity contribution is 0.00952. The Hall–Kier alpha value is -2.39. The Labute approximate surface area is 224 Å². The number of halogens is 1. The second kappa shape index (κ2) is 9.66. The molecule has 0 aromatic heterocycles. The summed E-state index contributed by atoms with van der Waals surface area (Å²) in [4.78, 5) is 32.4. The topological polar surface area (TPSA) is 71.6 Å². The van der Waals surface area contributed by atoms with Gasteiger partial charge in [-0.1, -0.05) is 0 Å². The van der Waals surface area contributed by atoms with Crippen LogP contribution in [0.4, 0.5) is 19.7 Å². The Morgan fingerprint density at radius 1 is 0.947 bits per heavy atom.